The van der Waals surface area contributed by atoms with Crippen LogP contribution in [0.4, 0.5) is 5.69 Å². The smallest absolute Gasteiger partial charge is 0.237 e. The Labute approximate surface area is 130 Å². The number of benzene rings is 2. The van der Waals surface area contributed by atoms with Crippen molar-refractivity contribution >= 4 is 15.7 Å². The van der Waals surface area contributed by atoms with Crippen molar-refractivity contribution in [3.8, 4) is 11.5 Å². The summed E-state index contributed by atoms with van der Waals surface area (Å²) < 4.78 is 37.7. The standard InChI is InChI=1S/C16H19NO4S/c1-12-15(20-2)10-9-14(16(12)21-3)17-22(18,19)11-13-7-5-4-6-8-13/h4-10,17H,11H2,1-3H3. The van der Waals surface area contributed by atoms with Gasteiger partial charge < -0.3 is 9.47 Å². The van der Waals surface area contributed by atoms with Gasteiger partial charge in [-0.3, -0.25) is 4.72 Å². The zero-order chi connectivity index (χ0) is 16.2. The van der Waals surface area contributed by atoms with E-state index in [1.807, 2.05) is 25.1 Å². The predicted molar refractivity (Wildman–Crippen MR) is 87.0 cm³/mol. The van der Waals surface area contributed by atoms with Crippen LogP contribution in [0, 0.1) is 6.92 Å². The lowest BCUT2D eigenvalue weighted by Crippen LogP contribution is -2.16. The zero-order valence-electron chi connectivity index (χ0n) is 12.8. The molecular formula is C16H19NO4S. The molecule has 0 unspecified atom stereocenters. The van der Waals surface area contributed by atoms with Crippen LogP contribution in [0.1, 0.15) is 11.1 Å². The van der Waals surface area contributed by atoms with Crippen LogP contribution in [0.3, 0.4) is 0 Å². The van der Waals surface area contributed by atoms with E-state index in [0.29, 0.717) is 17.2 Å². The second-order valence-electron chi connectivity index (χ2n) is 4.82. The van der Waals surface area contributed by atoms with E-state index in [1.165, 1.54) is 7.11 Å². The van der Waals surface area contributed by atoms with Gasteiger partial charge in [-0.05, 0) is 24.6 Å². The van der Waals surface area contributed by atoms with Crippen LogP contribution in [0.15, 0.2) is 42.5 Å². The number of ether oxygens (including phenoxy) is 2. The first-order valence-corrected chi connectivity index (χ1v) is 8.38. The fraction of sp³-hybridized carbons (Fsp3) is 0.250. The van der Waals surface area contributed by atoms with Gasteiger partial charge in [-0.15, -0.1) is 0 Å². The van der Waals surface area contributed by atoms with Crippen molar-refractivity contribution in [3.63, 3.8) is 0 Å². The molecule has 0 saturated heterocycles. The van der Waals surface area contributed by atoms with E-state index in [-0.39, 0.29) is 5.75 Å². The molecule has 0 atom stereocenters. The largest absolute Gasteiger partial charge is 0.496 e. The van der Waals surface area contributed by atoms with E-state index in [2.05, 4.69) is 4.72 Å². The molecule has 2 aromatic carbocycles. The average molecular weight is 321 g/mol. The van der Waals surface area contributed by atoms with Crippen LogP contribution in [-0.4, -0.2) is 22.6 Å². The molecule has 1 N–H and O–H groups in total. The van der Waals surface area contributed by atoms with Crippen molar-refractivity contribution in [2.24, 2.45) is 0 Å². The SMILES string of the molecule is COc1ccc(NS(=O)(=O)Cc2ccccc2)c(OC)c1C. The quantitative estimate of drug-likeness (QED) is 0.888. The van der Waals surface area contributed by atoms with Gasteiger partial charge in [0.25, 0.3) is 0 Å². The maximum absolute atomic E-state index is 12.3. The monoisotopic (exact) mass is 321 g/mol. The highest BCUT2D eigenvalue weighted by molar-refractivity contribution is 7.91. The lowest BCUT2D eigenvalue weighted by Gasteiger charge is -2.16. The summed E-state index contributed by atoms with van der Waals surface area (Å²) in [5.74, 6) is 1.00. The van der Waals surface area contributed by atoms with Gasteiger partial charge in [0, 0.05) is 5.56 Å². The highest BCUT2D eigenvalue weighted by Gasteiger charge is 2.17. The highest BCUT2D eigenvalue weighted by atomic mass is 32.2. The second-order valence-corrected chi connectivity index (χ2v) is 6.54. The molecule has 0 aliphatic rings. The molecule has 0 aliphatic heterocycles. The first-order chi connectivity index (χ1) is 10.5. The number of hydrogen-bond acceptors (Lipinski definition) is 4. The molecule has 0 saturated carbocycles. The van der Waals surface area contributed by atoms with Gasteiger partial charge in [0.15, 0.2) is 0 Å². The van der Waals surface area contributed by atoms with Crippen LogP contribution >= 0.6 is 0 Å². The fourth-order valence-corrected chi connectivity index (χ4v) is 3.43. The summed E-state index contributed by atoms with van der Waals surface area (Å²) in [5, 5.41) is 0. The molecule has 22 heavy (non-hydrogen) atoms. The van der Waals surface area contributed by atoms with E-state index < -0.39 is 10.0 Å². The summed E-state index contributed by atoms with van der Waals surface area (Å²) in [4.78, 5) is 0. The number of rotatable bonds is 6. The van der Waals surface area contributed by atoms with Crippen molar-refractivity contribution in [2.75, 3.05) is 18.9 Å². The van der Waals surface area contributed by atoms with Crippen LogP contribution in [0.5, 0.6) is 11.5 Å². The number of anilines is 1. The Bertz CT molecular complexity index is 742. The summed E-state index contributed by atoms with van der Waals surface area (Å²) in [5.41, 5.74) is 1.86. The lowest BCUT2D eigenvalue weighted by atomic mass is 10.2. The maximum Gasteiger partial charge on any atom is 0.237 e. The van der Waals surface area contributed by atoms with Crippen molar-refractivity contribution in [1.29, 1.82) is 0 Å². The summed E-state index contributed by atoms with van der Waals surface area (Å²) >= 11 is 0. The van der Waals surface area contributed by atoms with Crippen LogP contribution < -0.4 is 14.2 Å². The number of hydrogen-bond donors (Lipinski definition) is 1. The minimum atomic E-state index is -3.53. The minimum Gasteiger partial charge on any atom is -0.496 e. The van der Waals surface area contributed by atoms with Crippen LogP contribution in [-0.2, 0) is 15.8 Å². The zero-order valence-corrected chi connectivity index (χ0v) is 13.6. The van der Waals surface area contributed by atoms with Crippen molar-refractivity contribution in [2.45, 2.75) is 12.7 Å². The fourth-order valence-electron chi connectivity index (χ4n) is 2.24. The Morgan fingerprint density at radius 1 is 1.00 bits per heavy atom. The van der Waals surface area contributed by atoms with Gasteiger partial charge in [-0.1, -0.05) is 30.3 Å². The number of nitrogens with one attached hydrogen (secondary N) is 1. The average Bonchev–Trinajstić information content (AvgIpc) is 2.48. The van der Waals surface area contributed by atoms with Crippen LogP contribution in [0.25, 0.3) is 0 Å². The molecule has 0 heterocycles. The van der Waals surface area contributed by atoms with Crippen LogP contribution in [0.2, 0.25) is 0 Å². The van der Waals surface area contributed by atoms with Gasteiger partial charge in [-0.2, -0.15) is 0 Å². The van der Waals surface area contributed by atoms with Gasteiger partial charge in [0.2, 0.25) is 10.0 Å². The maximum atomic E-state index is 12.3. The van der Waals surface area contributed by atoms with Crippen molar-refractivity contribution in [3.05, 3.63) is 53.6 Å². The topological polar surface area (TPSA) is 64.6 Å². The van der Waals surface area contributed by atoms with Gasteiger partial charge in [0.05, 0.1) is 25.7 Å². The number of methoxy groups -OCH3 is 2. The second kappa shape index (κ2) is 6.70. The molecule has 0 amide bonds. The highest BCUT2D eigenvalue weighted by Crippen LogP contribution is 2.35. The Balaban J connectivity index is 2.28. The summed E-state index contributed by atoms with van der Waals surface area (Å²) in [6.45, 7) is 1.81. The van der Waals surface area contributed by atoms with E-state index >= 15 is 0 Å². The lowest BCUT2D eigenvalue weighted by molar-refractivity contribution is 0.390. The Kier molecular flexibility index (Phi) is 4.92. The Hall–Kier alpha value is -2.21. The van der Waals surface area contributed by atoms with E-state index in [9.17, 15) is 8.42 Å². The van der Waals surface area contributed by atoms with E-state index in [0.717, 1.165) is 11.1 Å². The third-order valence-electron chi connectivity index (χ3n) is 3.25. The summed E-state index contributed by atoms with van der Waals surface area (Å²) in [7, 11) is -0.474. The van der Waals surface area contributed by atoms with Crippen molar-refractivity contribution < 1.29 is 17.9 Å². The molecule has 2 aromatic rings. The van der Waals surface area contributed by atoms with Gasteiger partial charge >= 0.3 is 0 Å². The molecule has 5 nitrogen and oxygen atoms in total. The molecule has 0 aromatic heterocycles. The molecule has 2 rings (SSSR count). The third kappa shape index (κ3) is 3.71. The van der Waals surface area contributed by atoms with E-state index in [4.69, 9.17) is 9.47 Å². The third-order valence-corrected chi connectivity index (χ3v) is 4.49. The Morgan fingerprint density at radius 3 is 2.27 bits per heavy atom. The molecule has 118 valence electrons. The van der Waals surface area contributed by atoms with Crippen molar-refractivity contribution in [1.82, 2.24) is 0 Å². The van der Waals surface area contributed by atoms with Gasteiger partial charge in [-0.25, -0.2) is 8.42 Å². The Morgan fingerprint density at radius 2 is 1.68 bits per heavy atom. The molecule has 0 bridgehead atoms. The first kappa shape index (κ1) is 16.2. The van der Waals surface area contributed by atoms with E-state index in [1.54, 1.807) is 31.4 Å². The molecule has 0 spiro atoms. The molecule has 0 fully saturated rings. The van der Waals surface area contributed by atoms with Gasteiger partial charge in [0.1, 0.15) is 11.5 Å². The summed E-state index contributed by atoms with van der Waals surface area (Å²) in [6, 6.07) is 12.3. The molecule has 0 aliphatic carbocycles. The normalized spacial score (nSPS) is 11.0. The molecule has 0 radical (unpaired) electrons. The number of sulfonamides is 1. The molecule has 6 heteroatoms. The minimum absolute atomic E-state index is 0.0952. The predicted octanol–water partition coefficient (Wildman–Crippen LogP) is 2.95. The summed E-state index contributed by atoms with van der Waals surface area (Å²) in [6.07, 6.45) is 0. The molecular weight excluding hydrogens is 302 g/mol. The first-order valence-electron chi connectivity index (χ1n) is 6.73.